The molecule has 188 valence electrons. The third-order valence-corrected chi connectivity index (χ3v) is 6.68. The number of ether oxygens (including phenoxy) is 1. The fraction of sp³-hybridized carbons (Fsp3) is 0.483. The van der Waals surface area contributed by atoms with Crippen LogP contribution in [0.25, 0.3) is 16.6 Å². The lowest BCUT2D eigenvalue weighted by atomic mass is 9.96. The van der Waals surface area contributed by atoms with Crippen molar-refractivity contribution in [2.24, 2.45) is 5.92 Å². The van der Waals surface area contributed by atoms with Crippen molar-refractivity contribution in [2.75, 3.05) is 13.7 Å². The van der Waals surface area contributed by atoms with Crippen molar-refractivity contribution < 1.29 is 9.53 Å². The van der Waals surface area contributed by atoms with Crippen LogP contribution in [0, 0.1) is 5.92 Å². The van der Waals surface area contributed by atoms with E-state index in [0.29, 0.717) is 41.1 Å². The Hall–Kier alpha value is -3.15. The summed E-state index contributed by atoms with van der Waals surface area (Å²) in [6.45, 7) is 9.00. The lowest BCUT2D eigenvalue weighted by Gasteiger charge is -2.34. The molecule has 0 saturated carbocycles. The molecule has 2 aromatic carbocycles. The highest BCUT2D eigenvalue weighted by Crippen LogP contribution is 2.31. The van der Waals surface area contributed by atoms with Crippen LogP contribution in [-0.4, -0.2) is 34.0 Å². The van der Waals surface area contributed by atoms with Gasteiger partial charge in [-0.05, 0) is 49.9 Å². The molecule has 2 atom stereocenters. The average Bonchev–Trinajstić information content (AvgIpc) is 2.89. The number of benzene rings is 2. The predicted octanol–water partition coefficient (Wildman–Crippen LogP) is 6.30. The minimum atomic E-state index is -0.333. The molecule has 3 aromatic rings. The maximum atomic E-state index is 13.9. The van der Waals surface area contributed by atoms with Crippen LogP contribution in [0.1, 0.15) is 78.1 Å². The number of hydrogen-bond donors (Lipinski definition) is 0. The number of carbonyl (C=O) groups is 1. The van der Waals surface area contributed by atoms with Gasteiger partial charge in [0.2, 0.25) is 5.91 Å². The lowest BCUT2D eigenvalue weighted by Crippen LogP contribution is -2.42. The number of amides is 1. The SMILES string of the molecule is CCCCC(CC)C(=O)N(CCC)C(CC)c1nc2ccccc2c(=O)n1-c1ccccc1OC. The molecular weight excluding hydrogens is 438 g/mol. The van der Waals surface area contributed by atoms with Crippen molar-refractivity contribution in [3.63, 3.8) is 0 Å². The summed E-state index contributed by atoms with van der Waals surface area (Å²) in [6, 6.07) is 14.5. The Morgan fingerprint density at radius 2 is 1.71 bits per heavy atom. The first-order valence-electron chi connectivity index (χ1n) is 13.0. The number of para-hydroxylation sites is 3. The maximum Gasteiger partial charge on any atom is 0.266 e. The molecule has 0 N–H and O–H groups in total. The van der Waals surface area contributed by atoms with Crippen molar-refractivity contribution in [1.29, 1.82) is 0 Å². The summed E-state index contributed by atoms with van der Waals surface area (Å²) in [4.78, 5) is 34.7. The smallest absolute Gasteiger partial charge is 0.266 e. The minimum Gasteiger partial charge on any atom is -0.495 e. The molecule has 3 rings (SSSR count). The van der Waals surface area contributed by atoms with Gasteiger partial charge in [0.1, 0.15) is 11.6 Å². The van der Waals surface area contributed by atoms with E-state index in [4.69, 9.17) is 9.72 Å². The number of fused-ring (bicyclic) bond motifs is 1. The van der Waals surface area contributed by atoms with E-state index in [0.717, 1.165) is 32.1 Å². The zero-order chi connectivity index (χ0) is 25.4. The van der Waals surface area contributed by atoms with Gasteiger partial charge in [0.15, 0.2) is 0 Å². The van der Waals surface area contributed by atoms with E-state index in [-0.39, 0.29) is 23.4 Å². The van der Waals surface area contributed by atoms with Gasteiger partial charge >= 0.3 is 0 Å². The van der Waals surface area contributed by atoms with Crippen LogP contribution in [0.4, 0.5) is 0 Å². The first-order chi connectivity index (χ1) is 17.0. The second-order valence-electron chi connectivity index (χ2n) is 9.00. The van der Waals surface area contributed by atoms with Crippen LogP contribution >= 0.6 is 0 Å². The van der Waals surface area contributed by atoms with Gasteiger partial charge in [0, 0.05) is 12.5 Å². The molecule has 0 saturated heterocycles. The molecule has 2 unspecified atom stereocenters. The Morgan fingerprint density at radius 1 is 1.00 bits per heavy atom. The second kappa shape index (κ2) is 12.5. The number of aromatic nitrogens is 2. The number of unbranched alkanes of at least 4 members (excludes halogenated alkanes) is 1. The van der Waals surface area contributed by atoms with Crippen molar-refractivity contribution in [3.8, 4) is 11.4 Å². The topological polar surface area (TPSA) is 64.4 Å². The van der Waals surface area contributed by atoms with E-state index >= 15 is 0 Å². The Bertz CT molecular complexity index is 1190. The number of nitrogens with zero attached hydrogens (tertiary/aromatic N) is 3. The molecule has 0 aliphatic carbocycles. The van der Waals surface area contributed by atoms with E-state index in [1.54, 1.807) is 17.7 Å². The van der Waals surface area contributed by atoms with Gasteiger partial charge in [-0.2, -0.15) is 0 Å². The Morgan fingerprint density at radius 3 is 2.37 bits per heavy atom. The Kier molecular flexibility index (Phi) is 9.47. The molecule has 1 amide bonds. The molecule has 0 spiro atoms. The molecule has 1 heterocycles. The summed E-state index contributed by atoms with van der Waals surface area (Å²) < 4.78 is 7.27. The van der Waals surface area contributed by atoms with Crippen LogP contribution in [0.5, 0.6) is 5.75 Å². The second-order valence-corrected chi connectivity index (χ2v) is 9.00. The van der Waals surface area contributed by atoms with Crippen molar-refractivity contribution in [2.45, 2.75) is 72.3 Å². The van der Waals surface area contributed by atoms with Crippen molar-refractivity contribution in [1.82, 2.24) is 14.5 Å². The first kappa shape index (κ1) is 26.5. The standard InChI is InChI=1S/C29H39N3O3/c1-6-10-15-21(8-3)28(33)31(20-7-2)24(9-4)27-30-23-17-12-11-16-22(23)29(34)32(27)25-18-13-14-19-26(25)35-5/h11-14,16-19,21,24H,6-10,15,20H2,1-5H3. The number of rotatable bonds is 12. The number of methoxy groups -OCH3 is 1. The summed E-state index contributed by atoms with van der Waals surface area (Å²) in [6.07, 6.45) is 5.26. The highest BCUT2D eigenvalue weighted by atomic mass is 16.5. The summed E-state index contributed by atoms with van der Waals surface area (Å²) >= 11 is 0. The molecule has 35 heavy (non-hydrogen) atoms. The van der Waals surface area contributed by atoms with Crippen LogP contribution in [0.2, 0.25) is 0 Å². The fourth-order valence-electron chi connectivity index (χ4n) is 4.81. The third kappa shape index (κ3) is 5.58. The van der Waals surface area contributed by atoms with E-state index < -0.39 is 0 Å². The van der Waals surface area contributed by atoms with E-state index in [1.165, 1.54) is 0 Å². The lowest BCUT2D eigenvalue weighted by molar-refractivity contribution is -0.139. The molecule has 1 aromatic heterocycles. The van der Waals surface area contributed by atoms with Gasteiger partial charge in [-0.15, -0.1) is 0 Å². The predicted molar refractivity (Wildman–Crippen MR) is 142 cm³/mol. The monoisotopic (exact) mass is 477 g/mol. The fourth-order valence-corrected chi connectivity index (χ4v) is 4.81. The number of carbonyl (C=O) groups excluding carboxylic acids is 1. The van der Waals surface area contributed by atoms with E-state index in [1.807, 2.05) is 47.4 Å². The molecule has 6 nitrogen and oxygen atoms in total. The largest absolute Gasteiger partial charge is 0.495 e. The van der Waals surface area contributed by atoms with Gasteiger partial charge in [-0.25, -0.2) is 4.98 Å². The van der Waals surface area contributed by atoms with E-state index in [2.05, 4.69) is 27.7 Å². The molecular formula is C29H39N3O3. The zero-order valence-electron chi connectivity index (χ0n) is 21.8. The van der Waals surface area contributed by atoms with Gasteiger partial charge < -0.3 is 9.64 Å². The highest BCUT2D eigenvalue weighted by molar-refractivity contribution is 5.80. The Balaban J connectivity index is 2.26. The molecule has 6 heteroatoms. The van der Waals surface area contributed by atoms with Crippen molar-refractivity contribution >= 4 is 16.8 Å². The molecule has 0 bridgehead atoms. The maximum absolute atomic E-state index is 13.9. The quantitative estimate of drug-likeness (QED) is 0.307. The summed E-state index contributed by atoms with van der Waals surface area (Å²) in [5.74, 6) is 1.30. The zero-order valence-corrected chi connectivity index (χ0v) is 21.8. The number of hydrogen-bond acceptors (Lipinski definition) is 4. The normalized spacial score (nSPS) is 12.9. The minimum absolute atomic E-state index is 0.0255. The molecule has 0 aliphatic rings. The molecule has 0 fully saturated rings. The van der Waals surface area contributed by atoms with Gasteiger partial charge in [-0.3, -0.25) is 14.2 Å². The Labute approximate surface area is 208 Å². The van der Waals surface area contributed by atoms with Gasteiger partial charge in [0.05, 0.1) is 29.7 Å². The summed E-state index contributed by atoms with van der Waals surface area (Å²) in [5.41, 5.74) is 1.11. The van der Waals surface area contributed by atoms with Gasteiger partial charge in [0.25, 0.3) is 5.56 Å². The van der Waals surface area contributed by atoms with Gasteiger partial charge in [-0.1, -0.05) is 64.8 Å². The molecule has 0 radical (unpaired) electrons. The average molecular weight is 478 g/mol. The summed E-state index contributed by atoms with van der Waals surface area (Å²) in [5, 5.41) is 0.541. The van der Waals surface area contributed by atoms with Crippen LogP contribution in [-0.2, 0) is 4.79 Å². The van der Waals surface area contributed by atoms with Crippen LogP contribution in [0.3, 0.4) is 0 Å². The molecule has 0 aliphatic heterocycles. The van der Waals surface area contributed by atoms with Crippen LogP contribution < -0.4 is 10.3 Å². The van der Waals surface area contributed by atoms with E-state index in [9.17, 15) is 9.59 Å². The van der Waals surface area contributed by atoms with Crippen LogP contribution in [0.15, 0.2) is 53.3 Å². The first-order valence-corrected chi connectivity index (χ1v) is 13.0. The summed E-state index contributed by atoms with van der Waals surface area (Å²) in [7, 11) is 1.60. The third-order valence-electron chi connectivity index (χ3n) is 6.68. The highest BCUT2D eigenvalue weighted by Gasteiger charge is 2.32. The van der Waals surface area contributed by atoms with Crippen molar-refractivity contribution in [3.05, 3.63) is 64.7 Å².